The molecule has 2 heterocycles. The average Bonchev–Trinajstić information content (AvgIpc) is 2.81. The zero-order valence-corrected chi connectivity index (χ0v) is 10.8. The molecule has 96 valence electrons. The van der Waals surface area contributed by atoms with Crippen molar-refractivity contribution in [3.63, 3.8) is 0 Å². The topological polar surface area (TPSA) is 45.2 Å². The normalized spacial score (nSPS) is 13.2. The van der Waals surface area contributed by atoms with Crippen LogP contribution in [0.1, 0.15) is 15.9 Å². The van der Waals surface area contributed by atoms with E-state index in [1.54, 1.807) is 24.5 Å². The van der Waals surface area contributed by atoms with Crippen LogP contribution in [0.25, 0.3) is 0 Å². The van der Waals surface area contributed by atoms with E-state index < -0.39 is 0 Å². The third-order valence-corrected chi connectivity index (χ3v) is 3.41. The largest absolute Gasteiger partial charge is 0.374 e. The molecule has 4 heteroatoms. The first kappa shape index (κ1) is 11.7. The Labute approximate surface area is 112 Å². The molecule has 0 fully saturated rings. The molecule has 0 unspecified atom stereocenters. The molecule has 4 nitrogen and oxygen atoms in total. The van der Waals surface area contributed by atoms with E-state index in [0.717, 1.165) is 18.7 Å². The van der Waals surface area contributed by atoms with E-state index in [0.29, 0.717) is 5.56 Å². The highest BCUT2D eigenvalue weighted by atomic mass is 16.1. The fourth-order valence-electron chi connectivity index (χ4n) is 2.35. The first-order valence-electron chi connectivity index (χ1n) is 6.29. The van der Waals surface area contributed by atoms with Crippen LogP contribution in [-0.2, 0) is 6.42 Å². The van der Waals surface area contributed by atoms with E-state index in [2.05, 4.69) is 22.2 Å². The smallest absolute Gasteiger partial charge is 0.255 e. The molecule has 1 aromatic heterocycles. The van der Waals surface area contributed by atoms with Gasteiger partial charge in [0.15, 0.2) is 0 Å². The molecule has 1 N–H and O–H groups in total. The molecule has 0 bridgehead atoms. The summed E-state index contributed by atoms with van der Waals surface area (Å²) < 4.78 is 0. The molecule has 1 aromatic carbocycles. The Bertz CT molecular complexity index is 610. The van der Waals surface area contributed by atoms with Crippen molar-refractivity contribution in [1.29, 1.82) is 0 Å². The van der Waals surface area contributed by atoms with Crippen LogP contribution in [0.2, 0.25) is 0 Å². The number of carbonyl (C=O) groups is 1. The van der Waals surface area contributed by atoms with Gasteiger partial charge in [-0.25, -0.2) is 0 Å². The molecular weight excluding hydrogens is 238 g/mol. The number of nitrogens with one attached hydrogen (secondary N) is 1. The summed E-state index contributed by atoms with van der Waals surface area (Å²) in [7, 11) is 2.07. The SMILES string of the molecule is CN1CCc2cc(C(=O)Nc3ccncc3)ccc21. The second kappa shape index (κ2) is 4.72. The van der Waals surface area contributed by atoms with Crippen LogP contribution in [0.15, 0.2) is 42.7 Å². The highest BCUT2D eigenvalue weighted by Crippen LogP contribution is 2.27. The van der Waals surface area contributed by atoms with Crippen LogP contribution >= 0.6 is 0 Å². The lowest BCUT2D eigenvalue weighted by molar-refractivity contribution is 0.102. The van der Waals surface area contributed by atoms with Gasteiger partial charge in [0.25, 0.3) is 5.91 Å². The molecule has 1 aliphatic rings. The van der Waals surface area contributed by atoms with Crippen LogP contribution in [-0.4, -0.2) is 24.5 Å². The minimum atomic E-state index is -0.0800. The van der Waals surface area contributed by atoms with Gasteiger partial charge in [0.1, 0.15) is 0 Å². The zero-order valence-electron chi connectivity index (χ0n) is 10.8. The van der Waals surface area contributed by atoms with Gasteiger partial charge in [-0.3, -0.25) is 9.78 Å². The number of nitrogens with zero attached hydrogens (tertiary/aromatic N) is 2. The standard InChI is InChI=1S/C15H15N3O/c1-18-9-6-11-10-12(2-3-14(11)18)15(19)17-13-4-7-16-8-5-13/h2-5,7-8,10H,6,9H2,1H3,(H,16,17,19). The number of rotatable bonds is 2. The molecule has 0 radical (unpaired) electrons. The molecule has 0 aliphatic carbocycles. The van der Waals surface area contributed by atoms with Gasteiger partial charge in [0.2, 0.25) is 0 Å². The summed E-state index contributed by atoms with van der Waals surface area (Å²) in [5.41, 5.74) is 3.92. The molecule has 3 rings (SSSR count). The van der Waals surface area contributed by atoms with Gasteiger partial charge in [-0.2, -0.15) is 0 Å². The van der Waals surface area contributed by atoms with Crippen molar-refractivity contribution < 1.29 is 4.79 Å². The Morgan fingerprint density at radius 1 is 1.26 bits per heavy atom. The molecule has 1 aliphatic heterocycles. The molecule has 0 atom stereocenters. The number of benzene rings is 1. The summed E-state index contributed by atoms with van der Waals surface area (Å²) in [6, 6.07) is 9.43. The number of hydrogen-bond acceptors (Lipinski definition) is 3. The van der Waals surface area contributed by atoms with Crippen molar-refractivity contribution in [3.05, 3.63) is 53.9 Å². The first-order valence-corrected chi connectivity index (χ1v) is 6.29. The zero-order chi connectivity index (χ0) is 13.2. The molecule has 19 heavy (non-hydrogen) atoms. The minimum Gasteiger partial charge on any atom is -0.374 e. The summed E-state index contributed by atoms with van der Waals surface area (Å²) in [6.45, 7) is 1.02. The van der Waals surface area contributed by atoms with Crippen LogP contribution in [0.3, 0.4) is 0 Å². The van der Waals surface area contributed by atoms with Crippen LogP contribution in [0, 0.1) is 0 Å². The number of carbonyl (C=O) groups excluding carboxylic acids is 1. The number of hydrogen-bond donors (Lipinski definition) is 1. The lowest BCUT2D eigenvalue weighted by atomic mass is 10.1. The van der Waals surface area contributed by atoms with Crippen molar-refractivity contribution in [3.8, 4) is 0 Å². The highest BCUT2D eigenvalue weighted by molar-refractivity contribution is 6.04. The van der Waals surface area contributed by atoms with E-state index in [-0.39, 0.29) is 5.91 Å². The van der Waals surface area contributed by atoms with Gasteiger partial charge < -0.3 is 10.2 Å². The third kappa shape index (κ3) is 2.29. The van der Waals surface area contributed by atoms with Gasteiger partial charge in [-0.05, 0) is 42.3 Å². The maximum atomic E-state index is 12.2. The second-order valence-electron chi connectivity index (χ2n) is 4.71. The number of anilines is 2. The molecule has 1 amide bonds. The molecule has 0 spiro atoms. The molecule has 2 aromatic rings. The van der Waals surface area contributed by atoms with Crippen molar-refractivity contribution in [1.82, 2.24) is 4.98 Å². The fraction of sp³-hybridized carbons (Fsp3) is 0.200. The number of pyridine rings is 1. The van der Waals surface area contributed by atoms with Crippen molar-refractivity contribution in [2.75, 3.05) is 23.8 Å². The number of aromatic nitrogens is 1. The second-order valence-corrected chi connectivity index (χ2v) is 4.71. The summed E-state index contributed by atoms with van der Waals surface area (Å²) in [6.07, 6.45) is 4.32. The van der Waals surface area contributed by atoms with Gasteiger partial charge in [-0.15, -0.1) is 0 Å². The lowest BCUT2D eigenvalue weighted by Crippen LogP contribution is -2.13. The predicted molar refractivity (Wildman–Crippen MR) is 75.6 cm³/mol. The Balaban J connectivity index is 1.81. The maximum Gasteiger partial charge on any atom is 0.255 e. The van der Waals surface area contributed by atoms with Crippen LogP contribution < -0.4 is 10.2 Å². The van der Waals surface area contributed by atoms with Gasteiger partial charge >= 0.3 is 0 Å². The van der Waals surface area contributed by atoms with Crippen LogP contribution in [0.5, 0.6) is 0 Å². The Kier molecular flexibility index (Phi) is 2.91. The summed E-state index contributed by atoms with van der Waals surface area (Å²) >= 11 is 0. The monoisotopic (exact) mass is 253 g/mol. The summed E-state index contributed by atoms with van der Waals surface area (Å²) in [5.74, 6) is -0.0800. The van der Waals surface area contributed by atoms with E-state index >= 15 is 0 Å². The first-order chi connectivity index (χ1) is 9.24. The Morgan fingerprint density at radius 2 is 2.05 bits per heavy atom. The number of amides is 1. The number of likely N-dealkylation sites (N-methyl/N-ethyl adjacent to an activating group) is 1. The van der Waals surface area contributed by atoms with Gasteiger partial charge in [0, 0.05) is 42.9 Å². The summed E-state index contributed by atoms with van der Waals surface area (Å²) in [5, 5.41) is 2.87. The predicted octanol–water partition coefficient (Wildman–Crippen LogP) is 2.33. The van der Waals surface area contributed by atoms with E-state index in [1.165, 1.54) is 11.3 Å². The van der Waals surface area contributed by atoms with E-state index in [4.69, 9.17) is 0 Å². The lowest BCUT2D eigenvalue weighted by Gasteiger charge is -2.12. The third-order valence-electron chi connectivity index (χ3n) is 3.41. The Morgan fingerprint density at radius 3 is 2.84 bits per heavy atom. The summed E-state index contributed by atoms with van der Waals surface area (Å²) in [4.78, 5) is 18.3. The van der Waals surface area contributed by atoms with Crippen molar-refractivity contribution in [2.24, 2.45) is 0 Å². The average molecular weight is 253 g/mol. The molecule has 0 saturated heterocycles. The highest BCUT2D eigenvalue weighted by Gasteiger charge is 2.17. The van der Waals surface area contributed by atoms with Crippen molar-refractivity contribution in [2.45, 2.75) is 6.42 Å². The Hall–Kier alpha value is -2.36. The fourth-order valence-corrected chi connectivity index (χ4v) is 2.35. The van der Waals surface area contributed by atoms with Gasteiger partial charge in [0.05, 0.1) is 0 Å². The van der Waals surface area contributed by atoms with Gasteiger partial charge in [-0.1, -0.05) is 0 Å². The van der Waals surface area contributed by atoms with E-state index in [9.17, 15) is 4.79 Å². The maximum absolute atomic E-state index is 12.2. The van der Waals surface area contributed by atoms with E-state index in [1.807, 2.05) is 18.2 Å². The molecule has 0 saturated carbocycles. The number of fused-ring (bicyclic) bond motifs is 1. The molecular formula is C15H15N3O. The quantitative estimate of drug-likeness (QED) is 0.893. The minimum absolute atomic E-state index is 0.0800. The van der Waals surface area contributed by atoms with Crippen molar-refractivity contribution >= 4 is 17.3 Å². The van der Waals surface area contributed by atoms with Crippen LogP contribution in [0.4, 0.5) is 11.4 Å².